The van der Waals surface area contributed by atoms with E-state index >= 15 is 0 Å². The van der Waals surface area contributed by atoms with Gasteiger partial charge in [0.1, 0.15) is 0 Å². The molecule has 0 amide bonds. The summed E-state index contributed by atoms with van der Waals surface area (Å²) in [6.07, 6.45) is 0.984. The molecule has 0 fully saturated rings. The van der Waals surface area contributed by atoms with Crippen LogP contribution in [0.4, 0.5) is 0 Å². The molecule has 2 unspecified atom stereocenters. The minimum Gasteiger partial charge on any atom is -0.307 e. The molecule has 2 rings (SSSR count). The van der Waals surface area contributed by atoms with Crippen molar-refractivity contribution in [3.8, 4) is 0 Å². The molecule has 100 valence electrons. The van der Waals surface area contributed by atoms with Gasteiger partial charge in [-0.1, -0.05) is 54.1 Å². The number of benzene rings is 2. The van der Waals surface area contributed by atoms with Crippen molar-refractivity contribution in [2.24, 2.45) is 0 Å². The van der Waals surface area contributed by atoms with E-state index < -0.39 is 0 Å². The van der Waals surface area contributed by atoms with Crippen molar-refractivity contribution in [1.29, 1.82) is 0 Å². The van der Waals surface area contributed by atoms with E-state index in [4.69, 9.17) is 11.6 Å². The molecular weight excluding hydrogens is 254 g/mol. The first-order chi connectivity index (χ1) is 9.15. The van der Waals surface area contributed by atoms with Crippen LogP contribution in [0, 0.1) is 0 Å². The third kappa shape index (κ3) is 4.38. The van der Waals surface area contributed by atoms with Crippen LogP contribution in [0.1, 0.15) is 31.0 Å². The predicted molar refractivity (Wildman–Crippen MR) is 82.6 cm³/mol. The standard InChI is InChI=1S/C17H20ClN/c1-13(11-15-7-6-10-17(18)12-15)19-14(2)16-8-4-3-5-9-16/h3-10,12-14,19H,11H2,1-2H3. The lowest BCUT2D eigenvalue weighted by Gasteiger charge is -2.20. The smallest absolute Gasteiger partial charge is 0.0408 e. The van der Waals surface area contributed by atoms with E-state index in [1.807, 2.05) is 24.3 Å². The molecule has 0 spiro atoms. The Balaban J connectivity index is 1.92. The first-order valence-corrected chi connectivity index (χ1v) is 7.08. The van der Waals surface area contributed by atoms with Gasteiger partial charge in [-0.2, -0.15) is 0 Å². The highest BCUT2D eigenvalue weighted by atomic mass is 35.5. The molecule has 2 atom stereocenters. The summed E-state index contributed by atoms with van der Waals surface area (Å²) in [7, 11) is 0. The normalized spacial score (nSPS) is 14.1. The second-order valence-electron chi connectivity index (χ2n) is 5.03. The molecule has 0 aliphatic carbocycles. The van der Waals surface area contributed by atoms with Gasteiger partial charge in [0.2, 0.25) is 0 Å². The van der Waals surface area contributed by atoms with Gasteiger partial charge >= 0.3 is 0 Å². The molecule has 0 saturated carbocycles. The van der Waals surface area contributed by atoms with E-state index in [1.165, 1.54) is 11.1 Å². The fraction of sp³-hybridized carbons (Fsp3) is 0.294. The van der Waals surface area contributed by atoms with E-state index in [0.717, 1.165) is 11.4 Å². The fourth-order valence-electron chi connectivity index (χ4n) is 2.34. The van der Waals surface area contributed by atoms with Crippen molar-refractivity contribution in [1.82, 2.24) is 5.32 Å². The second-order valence-corrected chi connectivity index (χ2v) is 5.47. The van der Waals surface area contributed by atoms with Crippen LogP contribution in [0.25, 0.3) is 0 Å². The molecule has 0 bridgehead atoms. The predicted octanol–water partition coefficient (Wildman–Crippen LogP) is 4.62. The van der Waals surface area contributed by atoms with E-state index in [2.05, 4.69) is 49.5 Å². The maximum Gasteiger partial charge on any atom is 0.0408 e. The molecule has 0 aromatic heterocycles. The highest BCUT2D eigenvalue weighted by Crippen LogP contribution is 2.15. The molecule has 1 nitrogen and oxygen atoms in total. The topological polar surface area (TPSA) is 12.0 Å². The Morgan fingerprint density at radius 2 is 1.74 bits per heavy atom. The van der Waals surface area contributed by atoms with Crippen LogP contribution in [0.5, 0.6) is 0 Å². The molecule has 2 aromatic rings. The maximum atomic E-state index is 6.01. The van der Waals surface area contributed by atoms with Gasteiger partial charge in [0.05, 0.1) is 0 Å². The zero-order valence-electron chi connectivity index (χ0n) is 11.4. The van der Waals surface area contributed by atoms with Crippen LogP contribution in [0.2, 0.25) is 5.02 Å². The first-order valence-electron chi connectivity index (χ1n) is 6.70. The molecule has 2 heteroatoms. The highest BCUT2D eigenvalue weighted by Gasteiger charge is 2.09. The minimum absolute atomic E-state index is 0.357. The van der Waals surface area contributed by atoms with E-state index in [9.17, 15) is 0 Å². The molecule has 1 N–H and O–H groups in total. The fourth-order valence-corrected chi connectivity index (χ4v) is 2.55. The lowest BCUT2D eigenvalue weighted by atomic mass is 10.0. The third-order valence-electron chi connectivity index (χ3n) is 3.27. The molecule has 0 aliphatic heterocycles. The first kappa shape index (κ1) is 14.1. The van der Waals surface area contributed by atoms with Crippen molar-refractivity contribution < 1.29 is 0 Å². The number of halogens is 1. The van der Waals surface area contributed by atoms with E-state index in [1.54, 1.807) is 0 Å². The Bertz CT molecular complexity index is 510. The van der Waals surface area contributed by atoms with E-state index in [0.29, 0.717) is 12.1 Å². The van der Waals surface area contributed by atoms with Crippen LogP contribution in [0.3, 0.4) is 0 Å². The van der Waals surface area contributed by atoms with Gasteiger partial charge in [0.15, 0.2) is 0 Å². The van der Waals surface area contributed by atoms with Gasteiger partial charge < -0.3 is 5.32 Å². The van der Waals surface area contributed by atoms with Crippen LogP contribution < -0.4 is 5.32 Å². The van der Waals surface area contributed by atoms with Crippen LogP contribution >= 0.6 is 11.6 Å². The SMILES string of the molecule is CC(Cc1cccc(Cl)c1)NC(C)c1ccccc1. The Kier molecular flexibility index (Phi) is 5.00. The number of nitrogens with one attached hydrogen (secondary N) is 1. The number of hydrogen-bond donors (Lipinski definition) is 1. The third-order valence-corrected chi connectivity index (χ3v) is 3.50. The Labute approximate surface area is 120 Å². The molecule has 0 aliphatic rings. The van der Waals surface area contributed by atoms with E-state index in [-0.39, 0.29) is 0 Å². The zero-order chi connectivity index (χ0) is 13.7. The largest absolute Gasteiger partial charge is 0.307 e. The van der Waals surface area contributed by atoms with Gasteiger partial charge in [-0.05, 0) is 43.5 Å². The molecule has 2 aromatic carbocycles. The Morgan fingerprint density at radius 1 is 1.00 bits per heavy atom. The summed E-state index contributed by atoms with van der Waals surface area (Å²) in [6.45, 7) is 4.41. The second kappa shape index (κ2) is 6.74. The summed E-state index contributed by atoms with van der Waals surface area (Å²) in [4.78, 5) is 0. The summed E-state index contributed by atoms with van der Waals surface area (Å²) in [5.74, 6) is 0. The van der Waals surface area contributed by atoms with Crippen molar-refractivity contribution in [3.05, 3.63) is 70.7 Å². The van der Waals surface area contributed by atoms with Crippen LogP contribution in [-0.2, 0) is 6.42 Å². The highest BCUT2D eigenvalue weighted by molar-refractivity contribution is 6.30. The molecule has 0 saturated heterocycles. The van der Waals surface area contributed by atoms with Crippen LogP contribution in [-0.4, -0.2) is 6.04 Å². The minimum atomic E-state index is 0.357. The molecular formula is C17H20ClN. The average molecular weight is 274 g/mol. The lowest BCUT2D eigenvalue weighted by molar-refractivity contribution is 0.477. The monoisotopic (exact) mass is 273 g/mol. The maximum absolute atomic E-state index is 6.01. The Hall–Kier alpha value is -1.31. The van der Waals surface area contributed by atoms with Crippen molar-refractivity contribution >= 4 is 11.6 Å². The Morgan fingerprint density at radius 3 is 2.42 bits per heavy atom. The van der Waals surface area contributed by atoms with Gasteiger partial charge in [0.25, 0.3) is 0 Å². The summed E-state index contributed by atoms with van der Waals surface area (Å²) < 4.78 is 0. The quantitative estimate of drug-likeness (QED) is 0.838. The summed E-state index contributed by atoms with van der Waals surface area (Å²) >= 11 is 6.01. The molecule has 0 radical (unpaired) electrons. The summed E-state index contributed by atoms with van der Waals surface area (Å²) in [5.41, 5.74) is 2.59. The van der Waals surface area contributed by atoms with Gasteiger partial charge in [0, 0.05) is 17.1 Å². The number of rotatable bonds is 5. The van der Waals surface area contributed by atoms with Crippen molar-refractivity contribution in [2.45, 2.75) is 32.4 Å². The van der Waals surface area contributed by atoms with Crippen molar-refractivity contribution in [2.75, 3.05) is 0 Å². The summed E-state index contributed by atoms with van der Waals surface area (Å²) in [6, 6.07) is 19.4. The zero-order valence-corrected chi connectivity index (χ0v) is 12.2. The van der Waals surface area contributed by atoms with Gasteiger partial charge in [-0.3, -0.25) is 0 Å². The average Bonchev–Trinajstić information content (AvgIpc) is 2.39. The van der Waals surface area contributed by atoms with Gasteiger partial charge in [-0.15, -0.1) is 0 Å². The molecule has 19 heavy (non-hydrogen) atoms. The van der Waals surface area contributed by atoms with Crippen LogP contribution in [0.15, 0.2) is 54.6 Å². The van der Waals surface area contributed by atoms with Crippen molar-refractivity contribution in [3.63, 3.8) is 0 Å². The lowest BCUT2D eigenvalue weighted by Crippen LogP contribution is -2.30. The molecule has 0 heterocycles. The number of hydrogen-bond acceptors (Lipinski definition) is 1. The summed E-state index contributed by atoms with van der Waals surface area (Å²) in [5, 5.41) is 4.43. The van der Waals surface area contributed by atoms with Gasteiger partial charge in [-0.25, -0.2) is 0 Å².